The van der Waals surface area contributed by atoms with Crippen LogP contribution in [0.25, 0.3) is 49.9 Å². The number of benzene rings is 1. The highest BCUT2D eigenvalue weighted by atomic mass is 15.1. The van der Waals surface area contributed by atoms with Gasteiger partial charge in [0.05, 0.1) is 27.8 Å². The number of hydrogen-bond donors (Lipinski definition) is 0. The first-order chi connectivity index (χ1) is 14.4. The van der Waals surface area contributed by atoms with Gasteiger partial charge in [-0.3, -0.25) is 24.5 Å². The molecule has 0 saturated carbocycles. The molecule has 6 aromatic rings. The summed E-state index contributed by atoms with van der Waals surface area (Å²) < 4.78 is 2.17. The molecule has 6 heteroatoms. The number of rotatable bonds is 2. The minimum absolute atomic E-state index is 0.843. The van der Waals surface area contributed by atoms with Crippen molar-refractivity contribution in [3.05, 3.63) is 85.7 Å². The van der Waals surface area contributed by atoms with Crippen molar-refractivity contribution in [2.24, 2.45) is 0 Å². The topological polar surface area (TPSA) is 69.4 Å². The zero-order valence-electron chi connectivity index (χ0n) is 15.3. The quantitative estimate of drug-likeness (QED) is 0.415. The number of pyridine rings is 4. The molecule has 136 valence electrons. The van der Waals surface area contributed by atoms with Crippen LogP contribution < -0.4 is 0 Å². The maximum absolute atomic E-state index is 5.08. The van der Waals surface area contributed by atoms with E-state index in [1.54, 1.807) is 37.2 Å². The van der Waals surface area contributed by atoms with Crippen LogP contribution in [-0.4, -0.2) is 29.5 Å². The van der Waals surface area contributed by atoms with Crippen LogP contribution in [0.3, 0.4) is 0 Å². The lowest BCUT2D eigenvalue weighted by atomic mass is 10.1. The van der Waals surface area contributed by atoms with Gasteiger partial charge < -0.3 is 0 Å². The van der Waals surface area contributed by atoms with Crippen molar-refractivity contribution >= 4 is 32.8 Å². The van der Waals surface area contributed by atoms with Crippen LogP contribution in [0.15, 0.2) is 85.7 Å². The number of fused-ring (bicyclic) bond motifs is 6. The van der Waals surface area contributed by atoms with E-state index in [0.29, 0.717) is 0 Å². The van der Waals surface area contributed by atoms with E-state index in [2.05, 4.69) is 36.6 Å². The number of hydrogen-bond acceptors (Lipinski definition) is 5. The molecule has 0 unspecified atom stereocenters. The van der Waals surface area contributed by atoms with E-state index >= 15 is 0 Å². The Morgan fingerprint density at radius 2 is 1.21 bits per heavy atom. The molecule has 0 spiro atoms. The molecule has 6 rings (SSSR count). The third-order valence-corrected chi connectivity index (χ3v) is 5.09. The second-order valence-corrected chi connectivity index (χ2v) is 6.71. The van der Waals surface area contributed by atoms with Crippen LogP contribution >= 0.6 is 0 Å². The average Bonchev–Trinajstić information content (AvgIpc) is 3.22. The van der Waals surface area contributed by atoms with Gasteiger partial charge in [-0.2, -0.15) is 0 Å². The Morgan fingerprint density at radius 3 is 1.93 bits per heavy atom. The first kappa shape index (κ1) is 15.8. The van der Waals surface area contributed by atoms with Gasteiger partial charge in [-0.25, -0.2) is 4.98 Å². The minimum Gasteiger partial charge on any atom is -0.292 e. The molecule has 0 saturated heterocycles. The Hall–Kier alpha value is -4.19. The Morgan fingerprint density at radius 1 is 0.586 bits per heavy atom. The molecule has 0 radical (unpaired) electrons. The summed E-state index contributed by atoms with van der Waals surface area (Å²) in [5.74, 6) is 0.843. The minimum atomic E-state index is 0.843. The highest BCUT2D eigenvalue weighted by Gasteiger charge is 2.20. The molecule has 0 aliphatic heterocycles. The third-order valence-electron chi connectivity index (χ3n) is 5.09. The maximum atomic E-state index is 5.08. The van der Waals surface area contributed by atoms with E-state index in [9.17, 15) is 0 Å². The highest BCUT2D eigenvalue weighted by Crippen LogP contribution is 2.37. The van der Waals surface area contributed by atoms with E-state index in [1.807, 2.05) is 36.4 Å². The zero-order valence-corrected chi connectivity index (χ0v) is 15.3. The van der Waals surface area contributed by atoms with Crippen molar-refractivity contribution in [2.45, 2.75) is 0 Å². The molecule has 29 heavy (non-hydrogen) atoms. The molecule has 0 aliphatic rings. The molecule has 1 aromatic carbocycles. The molecule has 5 heterocycles. The van der Waals surface area contributed by atoms with E-state index in [1.165, 1.54) is 0 Å². The van der Waals surface area contributed by atoms with Crippen LogP contribution in [0.1, 0.15) is 0 Å². The summed E-state index contributed by atoms with van der Waals surface area (Å²) in [7, 11) is 0. The van der Waals surface area contributed by atoms with Crippen LogP contribution in [0, 0.1) is 0 Å². The second-order valence-electron chi connectivity index (χ2n) is 6.71. The van der Waals surface area contributed by atoms with E-state index in [4.69, 9.17) is 4.98 Å². The number of imidazole rings is 1. The summed E-state index contributed by atoms with van der Waals surface area (Å²) in [6.45, 7) is 0. The summed E-state index contributed by atoms with van der Waals surface area (Å²) in [5.41, 5.74) is 5.61. The van der Waals surface area contributed by atoms with E-state index < -0.39 is 0 Å². The Balaban J connectivity index is 1.90. The lowest BCUT2D eigenvalue weighted by Gasteiger charge is -2.11. The Kier molecular flexibility index (Phi) is 3.37. The molecule has 0 N–H and O–H groups in total. The second kappa shape index (κ2) is 6.17. The van der Waals surface area contributed by atoms with Gasteiger partial charge in [0.1, 0.15) is 5.82 Å². The fourth-order valence-electron chi connectivity index (χ4n) is 3.87. The standard InChI is InChI=1S/C23H14N6/c1-3-17-19(26-9-1)20-18(4-2-10-27-20)22-21(17)28-23(15-5-11-24-12-6-15)29(22)16-7-13-25-14-8-16/h1-14H. The van der Waals surface area contributed by atoms with Gasteiger partial charge in [-0.1, -0.05) is 0 Å². The number of nitrogens with zero attached hydrogens (tertiary/aromatic N) is 6. The molecule has 0 amide bonds. The van der Waals surface area contributed by atoms with Gasteiger partial charge >= 0.3 is 0 Å². The summed E-state index contributed by atoms with van der Waals surface area (Å²) in [6, 6.07) is 15.9. The van der Waals surface area contributed by atoms with Crippen molar-refractivity contribution in [1.82, 2.24) is 29.5 Å². The highest BCUT2D eigenvalue weighted by molar-refractivity contribution is 6.21. The van der Waals surface area contributed by atoms with Crippen molar-refractivity contribution < 1.29 is 0 Å². The van der Waals surface area contributed by atoms with Gasteiger partial charge in [0, 0.05) is 53.5 Å². The fourth-order valence-corrected chi connectivity index (χ4v) is 3.87. The van der Waals surface area contributed by atoms with Gasteiger partial charge in [0.25, 0.3) is 0 Å². The average molecular weight is 374 g/mol. The largest absolute Gasteiger partial charge is 0.292 e. The number of aromatic nitrogens is 6. The molecule has 0 bridgehead atoms. The molecular formula is C23H14N6. The van der Waals surface area contributed by atoms with Crippen LogP contribution in [0.2, 0.25) is 0 Å². The van der Waals surface area contributed by atoms with E-state index in [0.717, 1.165) is 49.9 Å². The van der Waals surface area contributed by atoms with Gasteiger partial charge in [-0.05, 0) is 48.5 Å². The Labute approximate surface area is 165 Å². The zero-order chi connectivity index (χ0) is 19.2. The monoisotopic (exact) mass is 374 g/mol. The van der Waals surface area contributed by atoms with Crippen molar-refractivity contribution in [3.63, 3.8) is 0 Å². The summed E-state index contributed by atoms with van der Waals surface area (Å²) >= 11 is 0. The smallest absolute Gasteiger partial charge is 0.145 e. The Bertz CT molecular complexity index is 1490. The van der Waals surface area contributed by atoms with Crippen molar-refractivity contribution in [2.75, 3.05) is 0 Å². The van der Waals surface area contributed by atoms with Gasteiger partial charge in [-0.15, -0.1) is 0 Å². The molecular weight excluding hydrogens is 360 g/mol. The lowest BCUT2D eigenvalue weighted by Crippen LogP contribution is -1.98. The summed E-state index contributed by atoms with van der Waals surface area (Å²) in [6.07, 6.45) is 10.8. The predicted octanol–water partition coefficient (Wildman–Crippen LogP) is 4.58. The van der Waals surface area contributed by atoms with E-state index in [-0.39, 0.29) is 0 Å². The summed E-state index contributed by atoms with van der Waals surface area (Å²) in [5, 5.41) is 2.00. The molecule has 6 nitrogen and oxygen atoms in total. The lowest BCUT2D eigenvalue weighted by molar-refractivity contribution is 1.09. The molecule has 0 fully saturated rings. The van der Waals surface area contributed by atoms with Crippen LogP contribution in [0.4, 0.5) is 0 Å². The third kappa shape index (κ3) is 2.32. The maximum Gasteiger partial charge on any atom is 0.145 e. The SMILES string of the molecule is c1cnc2c(c1)c1nc(-c3ccncc3)n(-c3ccncc3)c1c1cccnc12. The van der Waals surface area contributed by atoms with Crippen LogP contribution in [-0.2, 0) is 0 Å². The van der Waals surface area contributed by atoms with Crippen molar-refractivity contribution in [3.8, 4) is 17.1 Å². The predicted molar refractivity (Wildman–Crippen MR) is 113 cm³/mol. The van der Waals surface area contributed by atoms with Crippen molar-refractivity contribution in [1.29, 1.82) is 0 Å². The molecule has 0 atom stereocenters. The normalized spacial score (nSPS) is 11.4. The first-order valence-corrected chi connectivity index (χ1v) is 9.26. The van der Waals surface area contributed by atoms with Crippen LogP contribution in [0.5, 0.6) is 0 Å². The van der Waals surface area contributed by atoms with Gasteiger partial charge in [0.15, 0.2) is 0 Å². The summed E-state index contributed by atoms with van der Waals surface area (Å²) in [4.78, 5) is 22.7. The van der Waals surface area contributed by atoms with Gasteiger partial charge in [0.2, 0.25) is 0 Å². The fraction of sp³-hybridized carbons (Fsp3) is 0. The molecule has 0 aliphatic carbocycles. The molecule has 5 aromatic heterocycles. The first-order valence-electron chi connectivity index (χ1n) is 9.26.